The summed E-state index contributed by atoms with van der Waals surface area (Å²) < 4.78 is 45.3. The quantitative estimate of drug-likeness (QED) is 0.625. The molecule has 28 heavy (non-hydrogen) atoms. The molecule has 0 aliphatic rings. The van der Waals surface area contributed by atoms with Gasteiger partial charge in [-0.1, -0.05) is 26.0 Å². The Morgan fingerprint density at radius 3 is 2.43 bits per heavy atom. The zero-order valence-corrected chi connectivity index (χ0v) is 16.2. The van der Waals surface area contributed by atoms with E-state index in [1.54, 1.807) is 6.07 Å². The van der Waals surface area contributed by atoms with Crippen LogP contribution in [0.15, 0.2) is 35.1 Å². The van der Waals surface area contributed by atoms with Crippen molar-refractivity contribution in [3.63, 3.8) is 0 Å². The summed E-state index contributed by atoms with van der Waals surface area (Å²) in [6.45, 7) is 5.95. The number of nitrogens with zero attached hydrogens (tertiary/aromatic N) is 3. The molecule has 0 radical (unpaired) electrons. The number of aromatic nitrogens is 3. The number of benzene rings is 1. The average Bonchev–Trinajstić information content (AvgIpc) is 2.95. The smallest absolute Gasteiger partial charge is 0.405 e. The summed E-state index contributed by atoms with van der Waals surface area (Å²) in [7, 11) is 1.51. The number of alkyl halides is 3. The van der Waals surface area contributed by atoms with Gasteiger partial charge < -0.3 is 4.74 Å². The largest absolute Gasteiger partial charge is 0.573 e. The minimum absolute atomic E-state index is 0.0958. The van der Waals surface area contributed by atoms with E-state index in [0.29, 0.717) is 5.52 Å². The van der Waals surface area contributed by atoms with Crippen LogP contribution < -0.4 is 10.3 Å². The Kier molecular flexibility index (Phi) is 5.23. The molecule has 0 atom stereocenters. The Bertz CT molecular complexity index is 1060. The van der Waals surface area contributed by atoms with Crippen molar-refractivity contribution in [3.8, 4) is 17.1 Å². The minimum atomic E-state index is -4.84. The first-order valence-corrected chi connectivity index (χ1v) is 9.12. The molecule has 2 aromatic heterocycles. The second kappa shape index (κ2) is 7.33. The average molecular weight is 393 g/mol. The molecule has 0 aliphatic carbocycles. The van der Waals surface area contributed by atoms with Gasteiger partial charge in [-0.15, -0.1) is 18.3 Å². The van der Waals surface area contributed by atoms with E-state index in [4.69, 9.17) is 0 Å². The minimum Gasteiger partial charge on any atom is -0.405 e. The van der Waals surface area contributed by atoms with Crippen LogP contribution in [0, 0.1) is 6.92 Å². The number of ether oxygens (including phenoxy) is 1. The van der Waals surface area contributed by atoms with Crippen LogP contribution in [0.4, 0.5) is 13.2 Å². The maximum atomic E-state index is 13.1. The fraction of sp³-hybridized carbons (Fsp3) is 0.400. The van der Waals surface area contributed by atoms with Gasteiger partial charge in [-0.3, -0.25) is 9.36 Å². The SMILES string of the molecule is CCC(CC)c1cc(C)n2nc(-c3ccccc3OC(F)(F)F)n(C)c(=O)c12. The number of fused-ring (bicyclic) bond motifs is 1. The van der Waals surface area contributed by atoms with E-state index in [9.17, 15) is 18.0 Å². The Labute approximate surface area is 160 Å². The summed E-state index contributed by atoms with van der Waals surface area (Å²) in [6.07, 6.45) is -3.09. The van der Waals surface area contributed by atoms with E-state index in [0.717, 1.165) is 24.1 Å². The van der Waals surface area contributed by atoms with Crippen molar-refractivity contribution >= 4 is 5.52 Å². The van der Waals surface area contributed by atoms with Crippen molar-refractivity contribution in [2.75, 3.05) is 0 Å². The highest BCUT2D eigenvalue weighted by atomic mass is 19.4. The maximum Gasteiger partial charge on any atom is 0.573 e. The number of rotatable bonds is 5. The van der Waals surface area contributed by atoms with Crippen molar-refractivity contribution in [1.29, 1.82) is 0 Å². The van der Waals surface area contributed by atoms with Crippen LogP contribution in [0.1, 0.15) is 43.9 Å². The Morgan fingerprint density at radius 1 is 1.18 bits per heavy atom. The molecule has 2 heterocycles. The van der Waals surface area contributed by atoms with Gasteiger partial charge in [0.05, 0.1) is 5.56 Å². The maximum absolute atomic E-state index is 13.1. The lowest BCUT2D eigenvalue weighted by Crippen LogP contribution is -2.25. The van der Waals surface area contributed by atoms with Crippen LogP contribution in [0.2, 0.25) is 0 Å². The van der Waals surface area contributed by atoms with E-state index in [2.05, 4.69) is 23.7 Å². The van der Waals surface area contributed by atoms with Crippen molar-refractivity contribution in [2.24, 2.45) is 7.05 Å². The highest BCUT2D eigenvalue weighted by Gasteiger charge is 2.33. The lowest BCUT2D eigenvalue weighted by Gasteiger charge is -2.16. The van der Waals surface area contributed by atoms with Gasteiger partial charge in [-0.05, 0) is 49.4 Å². The molecule has 150 valence electrons. The molecule has 0 saturated heterocycles. The Morgan fingerprint density at radius 2 is 1.82 bits per heavy atom. The van der Waals surface area contributed by atoms with Gasteiger partial charge in [-0.2, -0.15) is 0 Å². The van der Waals surface area contributed by atoms with E-state index in [-0.39, 0.29) is 22.9 Å². The van der Waals surface area contributed by atoms with E-state index in [1.165, 1.54) is 34.3 Å². The van der Waals surface area contributed by atoms with Crippen molar-refractivity contribution in [1.82, 2.24) is 14.2 Å². The number of hydrogen-bond donors (Lipinski definition) is 0. The van der Waals surface area contributed by atoms with Crippen LogP contribution in [-0.2, 0) is 7.05 Å². The summed E-state index contributed by atoms with van der Waals surface area (Å²) >= 11 is 0. The molecule has 8 heteroatoms. The van der Waals surface area contributed by atoms with Gasteiger partial charge >= 0.3 is 6.36 Å². The van der Waals surface area contributed by atoms with Gasteiger partial charge in [0.25, 0.3) is 5.56 Å². The van der Waals surface area contributed by atoms with Crippen LogP contribution in [-0.4, -0.2) is 20.5 Å². The molecular formula is C20H22F3N3O2. The van der Waals surface area contributed by atoms with Gasteiger partial charge in [-0.25, -0.2) is 4.52 Å². The van der Waals surface area contributed by atoms with Crippen LogP contribution in [0.25, 0.3) is 16.9 Å². The second-order valence-corrected chi connectivity index (χ2v) is 6.75. The van der Waals surface area contributed by atoms with Crippen LogP contribution in [0.5, 0.6) is 5.75 Å². The number of halogens is 3. The molecule has 0 bridgehead atoms. The molecule has 0 saturated carbocycles. The predicted octanol–water partition coefficient (Wildman–Crippen LogP) is 4.81. The zero-order valence-electron chi connectivity index (χ0n) is 16.2. The van der Waals surface area contributed by atoms with Gasteiger partial charge in [0, 0.05) is 12.7 Å². The van der Waals surface area contributed by atoms with Crippen molar-refractivity contribution in [2.45, 2.75) is 45.9 Å². The first-order chi connectivity index (χ1) is 13.2. The molecule has 3 rings (SSSR count). The lowest BCUT2D eigenvalue weighted by atomic mass is 9.95. The molecule has 0 spiro atoms. The summed E-state index contributed by atoms with van der Waals surface area (Å²) in [5, 5.41) is 4.50. The third kappa shape index (κ3) is 3.50. The van der Waals surface area contributed by atoms with Gasteiger partial charge in [0.1, 0.15) is 11.3 Å². The zero-order chi connectivity index (χ0) is 20.6. The third-order valence-corrected chi connectivity index (χ3v) is 4.98. The predicted molar refractivity (Wildman–Crippen MR) is 101 cm³/mol. The van der Waals surface area contributed by atoms with E-state index >= 15 is 0 Å². The summed E-state index contributed by atoms with van der Waals surface area (Å²) in [4.78, 5) is 13.1. The molecule has 0 unspecified atom stereocenters. The number of hydrogen-bond acceptors (Lipinski definition) is 3. The monoisotopic (exact) mass is 393 g/mol. The highest BCUT2D eigenvalue weighted by molar-refractivity contribution is 5.66. The lowest BCUT2D eigenvalue weighted by molar-refractivity contribution is -0.274. The third-order valence-electron chi connectivity index (χ3n) is 4.98. The topological polar surface area (TPSA) is 48.5 Å². The Balaban J connectivity index is 2.28. The normalized spacial score (nSPS) is 12.1. The summed E-state index contributed by atoms with van der Waals surface area (Å²) in [5.41, 5.74) is 1.93. The number of aryl methyl sites for hydroxylation is 1. The fourth-order valence-corrected chi connectivity index (χ4v) is 3.55. The molecular weight excluding hydrogens is 371 g/mol. The van der Waals surface area contributed by atoms with Crippen molar-refractivity contribution in [3.05, 3.63) is 51.9 Å². The molecule has 1 aromatic carbocycles. The Hall–Kier alpha value is -2.77. The van der Waals surface area contributed by atoms with Crippen LogP contribution >= 0.6 is 0 Å². The van der Waals surface area contributed by atoms with Gasteiger partial charge in [0.2, 0.25) is 0 Å². The second-order valence-electron chi connectivity index (χ2n) is 6.75. The summed E-state index contributed by atoms with van der Waals surface area (Å²) in [6, 6.07) is 7.61. The van der Waals surface area contributed by atoms with Crippen LogP contribution in [0.3, 0.4) is 0 Å². The fourth-order valence-electron chi connectivity index (χ4n) is 3.55. The molecule has 0 aliphatic heterocycles. The highest BCUT2D eigenvalue weighted by Crippen LogP contribution is 2.33. The molecule has 0 N–H and O–H groups in total. The molecule has 5 nitrogen and oxygen atoms in total. The van der Waals surface area contributed by atoms with Crippen molar-refractivity contribution < 1.29 is 17.9 Å². The van der Waals surface area contributed by atoms with E-state index in [1.807, 2.05) is 13.0 Å². The first-order valence-electron chi connectivity index (χ1n) is 9.12. The first kappa shape index (κ1) is 20.0. The van der Waals surface area contributed by atoms with E-state index < -0.39 is 12.1 Å². The summed E-state index contributed by atoms with van der Waals surface area (Å²) in [5.74, 6) is -0.0843. The standard InChI is InChI=1S/C20H22F3N3O2/c1-5-13(6-2)15-11-12(3)26-17(15)19(27)25(4)18(24-26)14-9-7-8-10-16(14)28-20(21,22)23/h7-11,13H,5-6H2,1-4H3. The van der Waals surface area contributed by atoms with Gasteiger partial charge in [0.15, 0.2) is 5.82 Å². The molecule has 3 aromatic rings. The molecule has 0 fully saturated rings. The number of para-hydroxylation sites is 1. The molecule has 0 amide bonds.